The Balaban J connectivity index is 2.06. The number of fused-ring (bicyclic) bond motifs is 2. The van der Waals surface area contributed by atoms with E-state index in [1.54, 1.807) is 0 Å². The molecule has 0 saturated carbocycles. The Morgan fingerprint density at radius 3 is 3.11 bits per heavy atom. The maximum Gasteiger partial charge on any atom is 0.157 e. The lowest BCUT2D eigenvalue weighted by atomic mass is 10.2. The average Bonchev–Trinajstić information content (AvgIpc) is 3.03. The van der Waals surface area contributed by atoms with E-state index in [1.807, 2.05) is 4.52 Å². The summed E-state index contributed by atoms with van der Waals surface area (Å²) in [6, 6.07) is 2.09. The van der Waals surface area contributed by atoms with E-state index < -0.39 is 0 Å². The molecule has 2 aromatic heterocycles. The Labute approximate surface area is 113 Å². The van der Waals surface area contributed by atoms with Crippen LogP contribution in [0.25, 0.3) is 5.65 Å². The third-order valence-corrected chi connectivity index (χ3v) is 3.71. The molecule has 0 unspecified atom stereocenters. The van der Waals surface area contributed by atoms with Crippen LogP contribution >= 0.6 is 0 Å². The number of aromatic nitrogens is 3. The molecule has 0 spiro atoms. The maximum absolute atomic E-state index is 5.57. The first-order chi connectivity index (χ1) is 9.33. The minimum Gasteiger partial charge on any atom is -0.370 e. The first-order valence-corrected chi connectivity index (χ1v) is 7.17. The van der Waals surface area contributed by atoms with Crippen molar-refractivity contribution >= 4 is 11.5 Å². The van der Waals surface area contributed by atoms with E-state index >= 15 is 0 Å². The summed E-state index contributed by atoms with van der Waals surface area (Å²) >= 11 is 0. The summed E-state index contributed by atoms with van der Waals surface area (Å²) in [6.07, 6.45) is 5.30. The molecule has 0 aliphatic heterocycles. The molecular weight excluding hydrogens is 238 g/mol. The summed E-state index contributed by atoms with van der Waals surface area (Å²) in [5.41, 5.74) is 10.2. The third-order valence-electron chi connectivity index (χ3n) is 3.71. The van der Waals surface area contributed by atoms with E-state index in [-0.39, 0.29) is 0 Å². The Morgan fingerprint density at radius 2 is 2.32 bits per heavy atom. The molecule has 19 heavy (non-hydrogen) atoms. The van der Waals surface area contributed by atoms with Crippen molar-refractivity contribution in [3.8, 4) is 0 Å². The Morgan fingerprint density at radius 1 is 1.42 bits per heavy atom. The monoisotopic (exact) mass is 259 g/mol. The summed E-state index contributed by atoms with van der Waals surface area (Å²) in [6.45, 7) is 3.73. The number of aryl methyl sites for hydroxylation is 2. The highest BCUT2D eigenvalue weighted by atomic mass is 15.3. The molecule has 3 rings (SSSR count). The first-order valence-electron chi connectivity index (χ1n) is 7.17. The number of hydrogen-bond acceptors (Lipinski definition) is 4. The van der Waals surface area contributed by atoms with Gasteiger partial charge in [-0.25, -0.2) is 4.98 Å². The van der Waals surface area contributed by atoms with Crippen LogP contribution in [-0.4, -0.2) is 27.7 Å². The summed E-state index contributed by atoms with van der Waals surface area (Å²) in [5, 5.41) is 8.15. The van der Waals surface area contributed by atoms with E-state index in [4.69, 9.17) is 10.7 Å². The van der Waals surface area contributed by atoms with Gasteiger partial charge in [0, 0.05) is 23.9 Å². The SMILES string of the molecule is CCc1cc2nc3c(c(NCCCN)n2n1)CCC3. The van der Waals surface area contributed by atoms with Crippen LogP contribution in [0.5, 0.6) is 0 Å². The van der Waals surface area contributed by atoms with Gasteiger partial charge in [0.2, 0.25) is 0 Å². The average molecular weight is 259 g/mol. The molecule has 5 heteroatoms. The maximum atomic E-state index is 5.57. The van der Waals surface area contributed by atoms with Gasteiger partial charge in [-0.2, -0.15) is 9.61 Å². The van der Waals surface area contributed by atoms with Crippen LogP contribution in [0.3, 0.4) is 0 Å². The van der Waals surface area contributed by atoms with E-state index in [0.717, 1.165) is 49.4 Å². The minimum absolute atomic E-state index is 0.711. The van der Waals surface area contributed by atoms with E-state index in [0.29, 0.717) is 6.54 Å². The standard InChI is InChI=1S/C14H21N5/c1-2-10-9-13-17-12-6-3-5-11(12)14(19(13)18-10)16-8-4-7-15/h9,16H,2-8,15H2,1H3. The Kier molecular flexibility index (Phi) is 3.38. The van der Waals surface area contributed by atoms with Crippen LogP contribution < -0.4 is 11.1 Å². The molecule has 1 aliphatic carbocycles. The fraction of sp³-hybridized carbons (Fsp3) is 0.571. The van der Waals surface area contributed by atoms with Crippen molar-refractivity contribution in [2.24, 2.45) is 5.73 Å². The molecule has 0 fully saturated rings. The molecule has 3 N–H and O–H groups in total. The Bertz CT molecular complexity index is 587. The van der Waals surface area contributed by atoms with Crippen molar-refractivity contribution in [2.75, 3.05) is 18.4 Å². The lowest BCUT2D eigenvalue weighted by Gasteiger charge is -2.12. The number of nitrogens with one attached hydrogen (secondary N) is 1. The van der Waals surface area contributed by atoms with Crippen LogP contribution in [-0.2, 0) is 19.3 Å². The predicted octanol–water partition coefficient (Wildman–Crippen LogP) is 1.54. The second-order valence-corrected chi connectivity index (χ2v) is 5.07. The lowest BCUT2D eigenvalue weighted by molar-refractivity contribution is 0.833. The van der Waals surface area contributed by atoms with E-state index in [2.05, 4.69) is 23.4 Å². The normalized spacial score (nSPS) is 14.0. The zero-order valence-electron chi connectivity index (χ0n) is 11.4. The van der Waals surface area contributed by atoms with Gasteiger partial charge in [-0.15, -0.1) is 0 Å². The number of rotatable bonds is 5. The van der Waals surface area contributed by atoms with E-state index in [1.165, 1.54) is 17.7 Å². The van der Waals surface area contributed by atoms with Crippen molar-refractivity contribution in [2.45, 2.75) is 39.0 Å². The van der Waals surface area contributed by atoms with Crippen molar-refractivity contribution in [1.29, 1.82) is 0 Å². The zero-order chi connectivity index (χ0) is 13.2. The van der Waals surface area contributed by atoms with Crippen LogP contribution in [0, 0.1) is 0 Å². The molecule has 102 valence electrons. The molecule has 0 saturated heterocycles. The van der Waals surface area contributed by atoms with Crippen molar-refractivity contribution in [3.63, 3.8) is 0 Å². The van der Waals surface area contributed by atoms with Gasteiger partial charge < -0.3 is 11.1 Å². The topological polar surface area (TPSA) is 68.2 Å². The van der Waals surface area contributed by atoms with Crippen LogP contribution in [0.2, 0.25) is 0 Å². The fourth-order valence-corrected chi connectivity index (χ4v) is 2.70. The number of nitrogens with zero attached hydrogens (tertiary/aromatic N) is 3. The van der Waals surface area contributed by atoms with Crippen molar-refractivity contribution in [1.82, 2.24) is 14.6 Å². The number of nitrogens with two attached hydrogens (primary N) is 1. The second kappa shape index (κ2) is 5.17. The minimum atomic E-state index is 0.711. The highest BCUT2D eigenvalue weighted by Crippen LogP contribution is 2.28. The first kappa shape index (κ1) is 12.4. The van der Waals surface area contributed by atoms with Gasteiger partial charge in [-0.3, -0.25) is 0 Å². The van der Waals surface area contributed by atoms with E-state index in [9.17, 15) is 0 Å². The molecule has 0 amide bonds. The highest BCUT2D eigenvalue weighted by Gasteiger charge is 2.20. The van der Waals surface area contributed by atoms with Gasteiger partial charge in [0.25, 0.3) is 0 Å². The molecule has 0 bridgehead atoms. The molecule has 2 aromatic rings. The molecule has 1 aliphatic rings. The fourth-order valence-electron chi connectivity index (χ4n) is 2.70. The quantitative estimate of drug-likeness (QED) is 0.799. The molecule has 0 radical (unpaired) electrons. The zero-order valence-corrected chi connectivity index (χ0v) is 11.4. The van der Waals surface area contributed by atoms with Crippen LogP contribution in [0.1, 0.15) is 36.7 Å². The third kappa shape index (κ3) is 2.18. The Hall–Kier alpha value is -1.62. The summed E-state index contributed by atoms with van der Waals surface area (Å²) < 4.78 is 1.97. The molecule has 2 heterocycles. The summed E-state index contributed by atoms with van der Waals surface area (Å²) in [4.78, 5) is 4.75. The van der Waals surface area contributed by atoms with Gasteiger partial charge >= 0.3 is 0 Å². The van der Waals surface area contributed by atoms with Crippen LogP contribution in [0.4, 0.5) is 5.82 Å². The van der Waals surface area contributed by atoms with Crippen molar-refractivity contribution in [3.05, 3.63) is 23.0 Å². The molecule has 0 atom stereocenters. The number of hydrogen-bond donors (Lipinski definition) is 2. The number of anilines is 1. The smallest absolute Gasteiger partial charge is 0.157 e. The van der Waals surface area contributed by atoms with Crippen LogP contribution in [0.15, 0.2) is 6.07 Å². The van der Waals surface area contributed by atoms with Gasteiger partial charge in [-0.05, 0) is 38.6 Å². The largest absolute Gasteiger partial charge is 0.370 e. The van der Waals surface area contributed by atoms with Gasteiger partial charge in [0.1, 0.15) is 5.82 Å². The van der Waals surface area contributed by atoms with Gasteiger partial charge in [0.05, 0.1) is 5.69 Å². The van der Waals surface area contributed by atoms with Gasteiger partial charge in [-0.1, -0.05) is 6.92 Å². The molecular formula is C14H21N5. The van der Waals surface area contributed by atoms with Crippen molar-refractivity contribution < 1.29 is 0 Å². The molecule has 0 aromatic carbocycles. The predicted molar refractivity (Wildman–Crippen MR) is 76.6 cm³/mol. The van der Waals surface area contributed by atoms with Gasteiger partial charge in [0.15, 0.2) is 5.65 Å². The molecule has 5 nitrogen and oxygen atoms in total. The second-order valence-electron chi connectivity index (χ2n) is 5.07. The summed E-state index contributed by atoms with van der Waals surface area (Å²) in [5.74, 6) is 1.13. The summed E-state index contributed by atoms with van der Waals surface area (Å²) in [7, 11) is 0. The highest BCUT2D eigenvalue weighted by molar-refractivity contribution is 5.57. The lowest BCUT2D eigenvalue weighted by Crippen LogP contribution is -2.14.